The van der Waals surface area contributed by atoms with Gasteiger partial charge in [0.1, 0.15) is 0 Å². The highest BCUT2D eigenvalue weighted by Gasteiger charge is 2.30. The van der Waals surface area contributed by atoms with Crippen LogP contribution in [0.2, 0.25) is 0 Å². The van der Waals surface area contributed by atoms with E-state index >= 15 is 0 Å². The zero-order valence-electron chi connectivity index (χ0n) is 29.6. The Labute approximate surface area is 286 Å². The summed E-state index contributed by atoms with van der Waals surface area (Å²) in [5.41, 5.74) is 15.5. The van der Waals surface area contributed by atoms with E-state index in [1.807, 2.05) is 0 Å². The van der Waals surface area contributed by atoms with E-state index in [1.54, 1.807) is 0 Å². The molecule has 0 saturated heterocycles. The van der Waals surface area contributed by atoms with Gasteiger partial charge >= 0.3 is 0 Å². The standard InChI is InChI=1S/C45H48P2/c1-29-17-30(2)22-38(21-29)46(39-23-31(3)18-32(4)24-39)37(9)42-14-12-15-43(42)44-13-10-11-16-45(44)47(40-25-33(5)19-34(6)26-40)41-27-35(7)20-36(8)28-41/h10-14,16-28,37H,15H2,1-9H3/t37-/m1/s1. The molecule has 47 heavy (non-hydrogen) atoms. The molecular weight excluding hydrogens is 602 g/mol. The number of aryl methyl sites for hydroxylation is 8. The van der Waals surface area contributed by atoms with Crippen LogP contribution in [0.5, 0.6) is 0 Å². The maximum absolute atomic E-state index is 2.49. The molecule has 2 heteroatoms. The highest BCUT2D eigenvalue weighted by atomic mass is 31.1. The lowest BCUT2D eigenvalue weighted by atomic mass is 10.00. The van der Waals surface area contributed by atoms with Crippen molar-refractivity contribution in [1.29, 1.82) is 0 Å². The normalized spacial score (nSPS) is 13.7. The van der Waals surface area contributed by atoms with Crippen LogP contribution in [0.4, 0.5) is 0 Å². The first-order valence-electron chi connectivity index (χ1n) is 16.9. The molecular formula is C45H48P2. The van der Waals surface area contributed by atoms with Gasteiger partial charge in [0.05, 0.1) is 0 Å². The van der Waals surface area contributed by atoms with Gasteiger partial charge in [-0.3, -0.25) is 0 Å². The van der Waals surface area contributed by atoms with Crippen molar-refractivity contribution in [2.75, 3.05) is 0 Å². The Morgan fingerprint density at radius 3 is 1.30 bits per heavy atom. The Morgan fingerprint density at radius 2 is 0.872 bits per heavy atom. The van der Waals surface area contributed by atoms with E-state index < -0.39 is 15.8 Å². The van der Waals surface area contributed by atoms with Crippen LogP contribution in [0.25, 0.3) is 5.57 Å². The Hall–Kier alpha value is -3.56. The highest BCUT2D eigenvalue weighted by molar-refractivity contribution is 7.80. The van der Waals surface area contributed by atoms with E-state index in [4.69, 9.17) is 0 Å². The van der Waals surface area contributed by atoms with Crippen molar-refractivity contribution in [3.8, 4) is 0 Å². The molecule has 0 spiro atoms. The first-order chi connectivity index (χ1) is 22.5. The van der Waals surface area contributed by atoms with Crippen molar-refractivity contribution in [3.63, 3.8) is 0 Å². The fourth-order valence-electron chi connectivity index (χ4n) is 7.60. The van der Waals surface area contributed by atoms with Gasteiger partial charge in [-0.1, -0.05) is 161 Å². The third-order valence-electron chi connectivity index (χ3n) is 9.17. The molecule has 1 atom stereocenters. The van der Waals surface area contributed by atoms with Crippen LogP contribution in [-0.4, -0.2) is 5.66 Å². The predicted molar refractivity (Wildman–Crippen MR) is 212 cm³/mol. The monoisotopic (exact) mass is 650 g/mol. The molecule has 1 aliphatic rings. The van der Waals surface area contributed by atoms with Crippen molar-refractivity contribution in [1.82, 2.24) is 0 Å². The van der Waals surface area contributed by atoms with Gasteiger partial charge in [0.25, 0.3) is 0 Å². The summed E-state index contributed by atoms with van der Waals surface area (Å²) in [5, 5.41) is 7.28. The van der Waals surface area contributed by atoms with Gasteiger partial charge in [0, 0.05) is 5.66 Å². The summed E-state index contributed by atoms with van der Waals surface area (Å²) in [6.45, 7) is 20.4. The number of benzene rings is 5. The number of hydrogen-bond acceptors (Lipinski definition) is 0. The summed E-state index contributed by atoms with van der Waals surface area (Å²) in [7, 11) is -1.40. The minimum absolute atomic E-state index is 0.364. The highest BCUT2D eigenvalue weighted by Crippen LogP contribution is 2.48. The molecule has 238 valence electrons. The Balaban J connectivity index is 1.56. The summed E-state index contributed by atoms with van der Waals surface area (Å²) in [4.78, 5) is 0. The smallest absolute Gasteiger partial charge is 0.00966 e. The molecule has 1 aliphatic carbocycles. The minimum Gasteiger partial charge on any atom is -0.0798 e. The van der Waals surface area contributed by atoms with Crippen molar-refractivity contribution >= 4 is 47.9 Å². The Bertz CT molecular complexity index is 1840. The van der Waals surface area contributed by atoms with Crippen LogP contribution in [0.3, 0.4) is 0 Å². The molecule has 0 fully saturated rings. The van der Waals surface area contributed by atoms with Crippen LogP contribution in [0.1, 0.15) is 63.4 Å². The van der Waals surface area contributed by atoms with Crippen LogP contribution in [0.15, 0.2) is 115 Å². The van der Waals surface area contributed by atoms with Crippen molar-refractivity contribution in [3.05, 3.63) is 165 Å². The topological polar surface area (TPSA) is 0 Å². The second-order valence-electron chi connectivity index (χ2n) is 13.8. The third-order valence-corrected chi connectivity index (χ3v) is 14.3. The van der Waals surface area contributed by atoms with Gasteiger partial charge in [0.15, 0.2) is 0 Å². The molecule has 5 aromatic rings. The van der Waals surface area contributed by atoms with Crippen molar-refractivity contribution < 1.29 is 0 Å². The molecule has 0 unspecified atom stereocenters. The summed E-state index contributed by atoms with van der Waals surface area (Å²) in [6.07, 6.45) is 5.83. The van der Waals surface area contributed by atoms with Gasteiger partial charge in [0.2, 0.25) is 0 Å². The third kappa shape index (κ3) is 7.31. The molecule has 0 bridgehead atoms. The zero-order chi connectivity index (χ0) is 33.4. The number of rotatable bonds is 8. The van der Waals surface area contributed by atoms with E-state index in [9.17, 15) is 0 Å². The van der Waals surface area contributed by atoms with Gasteiger partial charge in [-0.25, -0.2) is 0 Å². The lowest BCUT2D eigenvalue weighted by Crippen LogP contribution is -2.25. The molecule has 0 radical (unpaired) electrons. The Kier molecular flexibility index (Phi) is 9.85. The van der Waals surface area contributed by atoms with Crippen LogP contribution < -0.4 is 26.5 Å². The average Bonchev–Trinajstić information content (AvgIpc) is 3.46. The Morgan fingerprint density at radius 1 is 0.489 bits per heavy atom. The lowest BCUT2D eigenvalue weighted by Gasteiger charge is -2.30. The van der Waals surface area contributed by atoms with Crippen LogP contribution in [0, 0.1) is 55.4 Å². The van der Waals surface area contributed by atoms with E-state index in [0.29, 0.717) is 5.66 Å². The molecule has 0 amide bonds. The van der Waals surface area contributed by atoms with E-state index in [0.717, 1.165) is 6.42 Å². The zero-order valence-corrected chi connectivity index (χ0v) is 31.4. The van der Waals surface area contributed by atoms with Gasteiger partial charge in [-0.05, 0) is 121 Å². The van der Waals surface area contributed by atoms with Crippen LogP contribution >= 0.6 is 15.8 Å². The van der Waals surface area contributed by atoms with Gasteiger partial charge in [-0.2, -0.15) is 0 Å². The molecule has 0 aromatic heterocycles. The second-order valence-corrected chi connectivity index (χ2v) is 18.6. The summed E-state index contributed by atoms with van der Waals surface area (Å²) in [6, 6.07) is 38.0. The maximum atomic E-state index is 2.49. The average molecular weight is 651 g/mol. The predicted octanol–water partition coefficient (Wildman–Crippen LogP) is 10.1. The quantitative estimate of drug-likeness (QED) is 0.147. The molecule has 5 aromatic carbocycles. The summed E-state index contributed by atoms with van der Waals surface area (Å²) >= 11 is 0. The molecule has 0 aliphatic heterocycles. The summed E-state index contributed by atoms with van der Waals surface area (Å²) in [5.74, 6) is 0. The van der Waals surface area contributed by atoms with Gasteiger partial charge in [-0.15, -0.1) is 0 Å². The van der Waals surface area contributed by atoms with Crippen molar-refractivity contribution in [2.45, 2.75) is 74.4 Å². The second kappa shape index (κ2) is 13.9. The maximum Gasteiger partial charge on any atom is 0.00966 e. The van der Waals surface area contributed by atoms with Crippen molar-refractivity contribution in [2.24, 2.45) is 0 Å². The molecule has 0 saturated carbocycles. The van der Waals surface area contributed by atoms with Gasteiger partial charge < -0.3 is 0 Å². The SMILES string of the molecule is Cc1cc(C)cc(P(c2cc(C)cc(C)c2)c2ccccc2C2=C([C@@H](C)P(c3cc(C)cc(C)c3)c3cc(C)cc(C)c3)C=CC2)c1. The first-order valence-corrected chi connectivity index (χ1v) is 19.6. The molecule has 6 rings (SSSR count). The molecule has 0 nitrogen and oxygen atoms in total. The first kappa shape index (κ1) is 33.3. The molecule has 0 heterocycles. The van der Waals surface area contributed by atoms with E-state index in [-0.39, 0.29) is 0 Å². The number of hydrogen-bond donors (Lipinski definition) is 0. The van der Waals surface area contributed by atoms with Crippen LogP contribution in [-0.2, 0) is 0 Å². The lowest BCUT2D eigenvalue weighted by molar-refractivity contribution is 1.17. The fraction of sp³-hybridized carbons (Fsp3) is 0.244. The molecule has 0 N–H and O–H groups in total. The number of allylic oxidation sites excluding steroid dienone is 4. The minimum atomic E-state index is -0.763. The summed E-state index contributed by atoms with van der Waals surface area (Å²) < 4.78 is 0. The fourth-order valence-corrected chi connectivity index (χ4v) is 13.6. The van der Waals surface area contributed by atoms with E-state index in [2.05, 4.69) is 172 Å². The largest absolute Gasteiger partial charge is 0.0798 e. The van der Waals surface area contributed by atoms with E-state index in [1.165, 1.54) is 87.7 Å².